The van der Waals surface area contributed by atoms with Gasteiger partial charge in [-0.2, -0.15) is 4.68 Å². The summed E-state index contributed by atoms with van der Waals surface area (Å²) in [5.74, 6) is 1.22. The highest BCUT2D eigenvalue weighted by molar-refractivity contribution is 7.98. The monoisotopic (exact) mass is 421 g/mol. The largest absolute Gasteiger partial charge is 0.352 e. The van der Waals surface area contributed by atoms with Gasteiger partial charge in [0.15, 0.2) is 5.82 Å². The van der Waals surface area contributed by atoms with E-state index in [1.807, 2.05) is 66.0 Å². The van der Waals surface area contributed by atoms with Gasteiger partial charge >= 0.3 is 0 Å². The van der Waals surface area contributed by atoms with Crippen LogP contribution in [0.4, 0.5) is 0 Å². The second-order valence-corrected chi connectivity index (χ2v) is 8.26. The Morgan fingerprint density at radius 3 is 2.69 bits per heavy atom. The van der Waals surface area contributed by atoms with Gasteiger partial charge in [0.2, 0.25) is 0 Å². The molecular formula is C21H19N5OS2. The van der Waals surface area contributed by atoms with Crippen molar-refractivity contribution in [2.45, 2.75) is 17.1 Å². The molecule has 0 aliphatic heterocycles. The van der Waals surface area contributed by atoms with Crippen LogP contribution in [-0.2, 0) is 12.2 Å². The van der Waals surface area contributed by atoms with Gasteiger partial charge in [0.05, 0.1) is 17.0 Å². The molecule has 2 aromatic carbocycles. The number of aromatic nitrogens is 4. The lowest BCUT2D eigenvalue weighted by atomic mass is 10.2. The minimum Gasteiger partial charge on any atom is -0.352 e. The van der Waals surface area contributed by atoms with Gasteiger partial charge in [-0.15, -0.1) is 28.2 Å². The smallest absolute Gasteiger partial charge is 0.252 e. The van der Waals surface area contributed by atoms with Crippen molar-refractivity contribution in [2.24, 2.45) is 0 Å². The van der Waals surface area contributed by atoms with E-state index in [0.29, 0.717) is 17.9 Å². The van der Waals surface area contributed by atoms with Crippen molar-refractivity contribution >= 4 is 29.0 Å². The minimum absolute atomic E-state index is 0.0627. The quantitative estimate of drug-likeness (QED) is 0.436. The fraction of sp³-hybridized carbons (Fsp3) is 0.143. The SMILES string of the molecule is O=C(NCCc1cccs1)c1ccccc1SCc1nnnn1-c1ccccc1. The third kappa shape index (κ3) is 4.90. The van der Waals surface area contributed by atoms with Gasteiger partial charge in [0.25, 0.3) is 5.91 Å². The molecule has 8 heteroatoms. The van der Waals surface area contributed by atoms with Crippen molar-refractivity contribution in [3.8, 4) is 5.69 Å². The second kappa shape index (κ2) is 9.49. The van der Waals surface area contributed by atoms with Crippen molar-refractivity contribution in [3.05, 3.63) is 88.4 Å². The van der Waals surface area contributed by atoms with Gasteiger partial charge in [-0.3, -0.25) is 4.79 Å². The minimum atomic E-state index is -0.0627. The molecular weight excluding hydrogens is 402 g/mol. The van der Waals surface area contributed by atoms with E-state index in [-0.39, 0.29) is 5.91 Å². The molecule has 0 unspecified atom stereocenters. The Labute approximate surface area is 177 Å². The van der Waals surface area contributed by atoms with E-state index >= 15 is 0 Å². The van der Waals surface area contributed by atoms with Gasteiger partial charge in [-0.1, -0.05) is 36.4 Å². The maximum absolute atomic E-state index is 12.7. The summed E-state index contributed by atoms with van der Waals surface area (Å²) >= 11 is 3.25. The number of thiophene rings is 1. The zero-order valence-electron chi connectivity index (χ0n) is 15.6. The molecule has 29 heavy (non-hydrogen) atoms. The molecule has 2 aromatic heterocycles. The van der Waals surface area contributed by atoms with Crippen LogP contribution in [-0.4, -0.2) is 32.7 Å². The van der Waals surface area contributed by atoms with Crippen LogP contribution in [0.2, 0.25) is 0 Å². The molecule has 0 spiro atoms. The standard InChI is InChI=1S/C21H19N5OS2/c27-21(22-13-12-17-9-6-14-28-17)18-10-4-5-11-19(18)29-15-20-23-24-25-26(20)16-7-2-1-3-8-16/h1-11,14H,12-13,15H2,(H,22,27). The highest BCUT2D eigenvalue weighted by Gasteiger charge is 2.14. The van der Waals surface area contributed by atoms with Gasteiger partial charge in [0.1, 0.15) is 0 Å². The van der Waals surface area contributed by atoms with Crippen molar-refractivity contribution in [3.63, 3.8) is 0 Å². The Kier molecular flexibility index (Phi) is 6.33. The summed E-state index contributed by atoms with van der Waals surface area (Å²) in [5.41, 5.74) is 1.58. The van der Waals surface area contributed by atoms with Crippen molar-refractivity contribution in [1.29, 1.82) is 0 Å². The topological polar surface area (TPSA) is 72.7 Å². The van der Waals surface area contributed by atoms with E-state index in [0.717, 1.165) is 22.8 Å². The molecule has 0 saturated heterocycles. The molecule has 4 aromatic rings. The van der Waals surface area contributed by atoms with E-state index < -0.39 is 0 Å². The molecule has 6 nitrogen and oxygen atoms in total. The number of nitrogens with zero attached hydrogens (tertiary/aromatic N) is 4. The number of thioether (sulfide) groups is 1. The van der Waals surface area contributed by atoms with Crippen molar-refractivity contribution < 1.29 is 4.79 Å². The highest BCUT2D eigenvalue weighted by atomic mass is 32.2. The van der Waals surface area contributed by atoms with Crippen LogP contribution in [0.3, 0.4) is 0 Å². The normalized spacial score (nSPS) is 10.8. The molecule has 0 fully saturated rings. The summed E-state index contributed by atoms with van der Waals surface area (Å²) in [4.78, 5) is 14.8. The number of rotatable bonds is 8. The summed E-state index contributed by atoms with van der Waals surface area (Å²) in [6.45, 7) is 0.616. The van der Waals surface area contributed by atoms with Crippen LogP contribution >= 0.6 is 23.1 Å². The summed E-state index contributed by atoms with van der Waals surface area (Å²) in [5, 5.41) is 17.1. The van der Waals surface area contributed by atoms with Crippen LogP contribution < -0.4 is 5.32 Å². The molecule has 1 N–H and O–H groups in total. The summed E-state index contributed by atoms with van der Waals surface area (Å²) in [6, 6.07) is 21.5. The maximum atomic E-state index is 12.7. The van der Waals surface area contributed by atoms with E-state index in [9.17, 15) is 4.79 Å². The van der Waals surface area contributed by atoms with Crippen LogP contribution in [0.1, 0.15) is 21.1 Å². The predicted molar refractivity (Wildman–Crippen MR) is 116 cm³/mol. The molecule has 0 saturated carbocycles. The molecule has 0 aliphatic rings. The molecule has 0 atom stereocenters. The molecule has 0 bridgehead atoms. The number of hydrogen-bond donors (Lipinski definition) is 1. The van der Waals surface area contributed by atoms with Crippen molar-refractivity contribution in [1.82, 2.24) is 25.5 Å². The highest BCUT2D eigenvalue weighted by Crippen LogP contribution is 2.26. The van der Waals surface area contributed by atoms with Crippen LogP contribution in [0.25, 0.3) is 5.69 Å². The molecule has 2 heterocycles. The second-order valence-electron chi connectivity index (χ2n) is 6.21. The number of amides is 1. The summed E-state index contributed by atoms with van der Waals surface area (Å²) in [6.07, 6.45) is 0.838. The summed E-state index contributed by atoms with van der Waals surface area (Å²) < 4.78 is 1.72. The van der Waals surface area contributed by atoms with E-state index in [2.05, 4.69) is 26.9 Å². The first-order valence-corrected chi connectivity index (χ1v) is 11.0. The Morgan fingerprint density at radius 2 is 1.86 bits per heavy atom. The first kappa shape index (κ1) is 19.4. The molecule has 146 valence electrons. The van der Waals surface area contributed by atoms with E-state index in [1.165, 1.54) is 4.88 Å². The third-order valence-electron chi connectivity index (χ3n) is 4.26. The lowest BCUT2D eigenvalue weighted by Gasteiger charge is -2.10. The Morgan fingerprint density at radius 1 is 1.03 bits per heavy atom. The lowest BCUT2D eigenvalue weighted by molar-refractivity contribution is 0.0951. The number of nitrogens with one attached hydrogen (secondary N) is 1. The molecule has 1 amide bonds. The van der Waals surface area contributed by atoms with Crippen molar-refractivity contribution in [2.75, 3.05) is 6.54 Å². The van der Waals surface area contributed by atoms with Gasteiger partial charge in [-0.05, 0) is 52.6 Å². The molecule has 0 radical (unpaired) electrons. The predicted octanol–water partition coefficient (Wildman–Crippen LogP) is 3.99. The fourth-order valence-electron chi connectivity index (χ4n) is 2.84. The number of hydrogen-bond acceptors (Lipinski definition) is 6. The Balaban J connectivity index is 1.41. The van der Waals surface area contributed by atoms with Gasteiger partial charge in [-0.25, -0.2) is 0 Å². The zero-order chi connectivity index (χ0) is 19.9. The number of carbonyl (C=O) groups is 1. The lowest BCUT2D eigenvalue weighted by Crippen LogP contribution is -2.26. The first-order chi connectivity index (χ1) is 14.3. The van der Waals surface area contributed by atoms with Crippen LogP contribution in [0, 0.1) is 0 Å². The van der Waals surface area contributed by atoms with E-state index in [1.54, 1.807) is 27.8 Å². The average Bonchev–Trinajstić information content (AvgIpc) is 3.45. The average molecular weight is 422 g/mol. The van der Waals surface area contributed by atoms with Crippen LogP contribution in [0.5, 0.6) is 0 Å². The zero-order valence-corrected chi connectivity index (χ0v) is 17.2. The van der Waals surface area contributed by atoms with Crippen LogP contribution in [0.15, 0.2) is 77.0 Å². The molecule has 0 aliphatic carbocycles. The Hall–Kier alpha value is -2.97. The van der Waals surface area contributed by atoms with Gasteiger partial charge in [0, 0.05) is 16.3 Å². The summed E-state index contributed by atoms with van der Waals surface area (Å²) in [7, 11) is 0. The fourth-order valence-corrected chi connectivity index (χ4v) is 4.50. The maximum Gasteiger partial charge on any atom is 0.252 e. The first-order valence-electron chi connectivity index (χ1n) is 9.16. The number of carbonyl (C=O) groups excluding carboxylic acids is 1. The molecule has 4 rings (SSSR count). The Bertz CT molecular complexity index is 1060. The number of para-hydroxylation sites is 1. The third-order valence-corrected chi connectivity index (χ3v) is 6.27. The van der Waals surface area contributed by atoms with Gasteiger partial charge < -0.3 is 5.32 Å². The number of tetrazole rings is 1. The van der Waals surface area contributed by atoms with E-state index in [4.69, 9.17) is 0 Å². The number of benzene rings is 2.